The van der Waals surface area contributed by atoms with E-state index >= 15 is 0 Å². The molecule has 3 heteroatoms. The molecule has 0 fully saturated rings. The summed E-state index contributed by atoms with van der Waals surface area (Å²) in [7, 11) is 0. The average molecular weight is 271 g/mol. The van der Waals surface area contributed by atoms with Crippen molar-refractivity contribution in [2.45, 2.75) is 33.2 Å². The molecule has 0 bridgehead atoms. The van der Waals surface area contributed by atoms with E-state index in [2.05, 4.69) is 26.0 Å². The highest BCUT2D eigenvalue weighted by Crippen LogP contribution is 2.18. The first-order valence-corrected chi connectivity index (χ1v) is 6.96. The number of aromatic nitrogens is 1. The summed E-state index contributed by atoms with van der Waals surface area (Å²) >= 11 is 0. The van der Waals surface area contributed by atoms with Crippen molar-refractivity contribution in [3.8, 4) is 5.75 Å². The maximum Gasteiger partial charge on any atom is 0.250 e. The second-order valence-electron chi connectivity index (χ2n) is 5.31. The monoisotopic (exact) mass is 271 g/mol. The molecule has 0 spiro atoms. The molecule has 20 heavy (non-hydrogen) atoms. The van der Waals surface area contributed by atoms with Gasteiger partial charge in [0.2, 0.25) is 0 Å². The predicted octanol–water partition coefficient (Wildman–Crippen LogP) is 3.36. The van der Waals surface area contributed by atoms with Crippen molar-refractivity contribution in [3.63, 3.8) is 0 Å². The molecular weight excluding hydrogens is 250 g/mol. The first-order chi connectivity index (χ1) is 9.56. The van der Waals surface area contributed by atoms with Crippen LogP contribution in [-0.2, 0) is 6.54 Å². The fourth-order valence-corrected chi connectivity index (χ4v) is 2.04. The number of pyridine rings is 1. The molecule has 0 amide bonds. The van der Waals surface area contributed by atoms with Gasteiger partial charge in [0.15, 0.2) is 0 Å². The van der Waals surface area contributed by atoms with Crippen LogP contribution in [0.3, 0.4) is 0 Å². The minimum atomic E-state index is 0.00866. The van der Waals surface area contributed by atoms with Crippen LogP contribution in [0.4, 0.5) is 0 Å². The molecule has 1 aromatic carbocycles. The fraction of sp³-hybridized carbons (Fsp3) is 0.353. The van der Waals surface area contributed by atoms with E-state index in [1.54, 1.807) is 10.6 Å². The van der Waals surface area contributed by atoms with E-state index < -0.39 is 0 Å². The highest BCUT2D eigenvalue weighted by Gasteiger charge is 2.00. The highest BCUT2D eigenvalue weighted by atomic mass is 16.5. The molecule has 106 valence electrons. The summed E-state index contributed by atoms with van der Waals surface area (Å²) in [5.74, 6) is 1.37. The van der Waals surface area contributed by atoms with Gasteiger partial charge in [-0.3, -0.25) is 4.79 Å². The average Bonchev–Trinajstić information content (AvgIpc) is 2.43. The third kappa shape index (κ3) is 3.73. The van der Waals surface area contributed by atoms with Gasteiger partial charge in [0.25, 0.3) is 5.56 Å². The van der Waals surface area contributed by atoms with Gasteiger partial charge < -0.3 is 9.30 Å². The molecule has 0 saturated heterocycles. The van der Waals surface area contributed by atoms with Gasteiger partial charge in [0, 0.05) is 12.3 Å². The Hall–Kier alpha value is -2.03. The van der Waals surface area contributed by atoms with Gasteiger partial charge >= 0.3 is 0 Å². The van der Waals surface area contributed by atoms with Gasteiger partial charge in [0.1, 0.15) is 12.4 Å². The predicted molar refractivity (Wildman–Crippen MR) is 81.5 cm³/mol. The first kappa shape index (κ1) is 14.4. The summed E-state index contributed by atoms with van der Waals surface area (Å²) in [5.41, 5.74) is 2.38. The number of aryl methyl sites for hydroxylation is 1. The van der Waals surface area contributed by atoms with Crippen molar-refractivity contribution in [3.05, 3.63) is 64.1 Å². The summed E-state index contributed by atoms with van der Waals surface area (Å²) in [6.07, 6.45) is 1.85. The Morgan fingerprint density at radius 1 is 1.10 bits per heavy atom. The molecule has 1 aromatic heterocycles. The largest absolute Gasteiger partial charge is 0.492 e. The van der Waals surface area contributed by atoms with E-state index in [1.807, 2.05) is 31.3 Å². The Balaban J connectivity index is 1.92. The molecule has 1 heterocycles. The molecule has 0 aliphatic rings. The minimum absolute atomic E-state index is 0.00866. The Bertz CT molecular complexity index is 612. The van der Waals surface area contributed by atoms with Crippen molar-refractivity contribution in [2.75, 3.05) is 6.61 Å². The SMILES string of the molecule is Cc1ccc(=O)n(CCOc2ccc(C(C)C)cc2)c1. The molecule has 0 N–H and O–H groups in total. The molecule has 0 saturated carbocycles. The molecule has 0 radical (unpaired) electrons. The molecule has 2 aromatic rings. The Morgan fingerprint density at radius 3 is 2.45 bits per heavy atom. The van der Waals surface area contributed by atoms with Crippen LogP contribution in [0.25, 0.3) is 0 Å². The summed E-state index contributed by atoms with van der Waals surface area (Å²) < 4.78 is 7.36. The maximum atomic E-state index is 11.6. The molecule has 3 nitrogen and oxygen atoms in total. The van der Waals surface area contributed by atoms with Crippen LogP contribution in [0.5, 0.6) is 5.75 Å². The number of hydrogen-bond acceptors (Lipinski definition) is 2. The van der Waals surface area contributed by atoms with Crippen LogP contribution in [-0.4, -0.2) is 11.2 Å². The van der Waals surface area contributed by atoms with E-state index in [0.717, 1.165) is 11.3 Å². The standard InChI is InChI=1S/C17H21NO2/c1-13(2)15-5-7-16(8-6-15)20-11-10-18-12-14(3)4-9-17(18)19/h4-9,12-13H,10-11H2,1-3H3. The number of benzene rings is 1. The fourth-order valence-electron chi connectivity index (χ4n) is 2.04. The summed E-state index contributed by atoms with van der Waals surface area (Å²) in [6.45, 7) is 7.36. The Kier molecular flexibility index (Phi) is 4.61. The van der Waals surface area contributed by atoms with Gasteiger partial charge in [-0.2, -0.15) is 0 Å². The lowest BCUT2D eigenvalue weighted by Gasteiger charge is -2.10. The molecule has 0 aliphatic carbocycles. The summed E-state index contributed by atoms with van der Waals surface area (Å²) in [4.78, 5) is 11.6. The Labute approximate surface area is 119 Å². The van der Waals surface area contributed by atoms with Gasteiger partial charge in [-0.25, -0.2) is 0 Å². The molecule has 0 atom stereocenters. The van der Waals surface area contributed by atoms with E-state index in [4.69, 9.17) is 4.74 Å². The number of hydrogen-bond donors (Lipinski definition) is 0. The van der Waals surface area contributed by atoms with Crippen LogP contribution in [0, 0.1) is 6.92 Å². The minimum Gasteiger partial charge on any atom is -0.492 e. The number of rotatable bonds is 5. The van der Waals surface area contributed by atoms with E-state index in [1.165, 1.54) is 5.56 Å². The third-order valence-corrected chi connectivity index (χ3v) is 3.28. The van der Waals surface area contributed by atoms with Crippen LogP contribution in [0.15, 0.2) is 47.4 Å². The molecule has 0 unspecified atom stereocenters. The molecule has 2 rings (SSSR count). The van der Waals surface area contributed by atoms with Gasteiger partial charge in [0.05, 0.1) is 6.54 Å². The van der Waals surface area contributed by atoms with Crippen LogP contribution >= 0.6 is 0 Å². The van der Waals surface area contributed by atoms with Crippen molar-refractivity contribution in [2.24, 2.45) is 0 Å². The second-order valence-corrected chi connectivity index (χ2v) is 5.31. The van der Waals surface area contributed by atoms with Crippen molar-refractivity contribution >= 4 is 0 Å². The quantitative estimate of drug-likeness (QED) is 0.835. The molecular formula is C17H21NO2. The maximum absolute atomic E-state index is 11.6. The van der Waals surface area contributed by atoms with Crippen LogP contribution in [0.1, 0.15) is 30.9 Å². The van der Waals surface area contributed by atoms with Gasteiger partial charge in [-0.15, -0.1) is 0 Å². The smallest absolute Gasteiger partial charge is 0.250 e. The van der Waals surface area contributed by atoms with Crippen molar-refractivity contribution in [1.82, 2.24) is 4.57 Å². The number of ether oxygens (including phenoxy) is 1. The first-order valence-electron chi connectivity index (χ1n) is 6.96. The van der Waals surface area contributed by atoms with E-state index in [9.17, 15) is 4.79 Å². The van der Waals surface area contributed by atoms with Crippen LogP contribution in [0.2, 0.25) is 0 Å². The lowest BCUT2D eigenvalue weighted by molar-refractivity contribution is 0.296. The van der Waals surface area contributed by atoms with Gasteiger partial charge in [-0.05, 0) is 36.1 Å². The topological polar surface area (TPSA) is 31.2 Å². The normalized spacial score (nSPS) is 10.8. The Morgan fingerprint density at radius 2 is 1.80 bits per heavy atom. The second kappa shape index (κ2) is 6.42. The van der Waals surface area contributed by atoms with Crippen molar-refractivity contribution < 1.29 is 4.74 Å². The lowest BCUT2D eigenvalue weighted by atomic mass is 10.0. The number of nitrogens with zero attached hydrogens (tertiary/aromatic N) is 1. The summed E-state index contributed by atoms with van der Waals surface area (Å²) in [5, 5.41) is 0. The molecule has 0 aliphatic heterocycles. The van der Waals surface area contributed by atoms with Crippen LogP contribution < -0.4 is 10.3 Å². The van der Waals surface area contributed by atoms with Crippen molar-refractivity contribution in [1.29, 1.82) is 0 Å². The summed E-state index contributed by atoms with van der Waals surface area (Å²) in [6, 6.07) is 11.5. The van der Waals surface area contributed by atoms with E-state index in [-0.39, 0.29) is 5.56 Å². The van der Waals surface area contributed by atoms with Gasteiger partial charge in [-0.1, -0.05) is 32.0 Å². The third-order valence-electron chi connectivity index (χ3n) is 3.28. The lowest BCUT2D eigenvalue weighted by Crippen LogP contribution is -2.21. The van der Waals surface area contributed by atoms with E-state index in [0.29, 0.717) is 19.1 Å². The zero-order valence-corrected chi connectivity index (χ0v) is 12.3. The zero-order chi connectivity index (χ0) is 14.5. The zero-order valence-electron chi connectivity index (χ0n) is 12.3. The highest BCUT2D eigenvalue weighted by molar-refractivity contribution is 5.28.